The van der Waals surface area contributed by atoms with Crippen LogP contribution in [-0.4, -0.2) is 22.5 Å². The van der Waals surface area contributed by atoms with Gasteiger partial charge in [-0.1, -0.05) is 47.9 Å². The normalized spacial score (nSPS) is 12.5. The number of benzene rings is 3. The Kier molecular flexibility index (Phi) is 5.17. The predicted octanol–water partition coefficient (Wildman–Crippen LogP) is 4.01. The Balaban J connectivity index is 1.65. The number of carbonyl (C=O) groups is 2. The Hall–Kier alpha value is -4.12. The zero-order chi connectivity index (χ0) is 22.0. The van der Waals surface area contributed by atoms with Crippen LogP contribution in [0.4, 0.5) is 5.69 Å². The molecular weight excluding hydrogens is 386 g/mol. The first kappa shape index (κ1) is 20.2. The molecule has 0 unspecified atom stereocenters. The molecule has 0 atom stereocenters. The molecule has 1 aliphatic heterocycles. The van der Waals surface area contributed by atoms with E-state index in [1.54, 1.807) is 50.2 Å². The molecule has 0 aliphatic carbocycles. The number of carbonyl (C=O) groups excluding carboxylic acids is 2. The molecule has 1 aliphatic rings. The minimum Gasteiger partial charge on any atom is -0.378 e. The SMILES string of the molecule is CC(C)(O)C#Cc1ccc2c(c1)C(=O)N(c1cccc(C#Cc3ccccc3)c1)C2=O. The highest BCUT2D eigenvalue weighted by molar-refractivity contribution is 6.34. The highest BCUT2D eigenvalue weighted by atomic mass is 16.3. The van der Waals surface area contributed by atoms with Crippen molar-refractivity contribution in [3.8, 4) is 23.7 Å². The van der Waals surface area contributed by atoms with E-state index in [-0.39, 0.29) is 5.91 Å². The lowest BCUT2D eigenvalue weighted by Gasteiger charge is -2.14. The third kappa shape index (κ3) is 4.41. The van der Waals surface area contributed by atoms with Crippen molar-refractivity contribution in [2.45, 2.75) is 19.4 Å². The minimum atomic E-state index is -1.15. The molecule has 4 heteroatoms. The molecule has 2 amide bonds. The van der Waals surface area contributed by atoms with Crippen molar-refractivity contribution < 1.29 is 14.7 Å². The number of nitrogens with zero attached hydrogens (tertiary/aromatic N) is 1. The number of amides is 2. The minimum absolute atomic E-state index is 0.299. The van der Waals surface area contributed by atoms with Gasteiger partial charge in [0.25, 0.3) is 11.8 Å². The second kappa shape index (κ2) is 7.95. The fourth-order valence-corrected chi connectivity index (χ4v) is 3.17. The largest absolute Gasteiger partial charge is 0.378 e. The van der Waals surface area contributed by atoms with E-state index in [0.29, 0.717) is 27.9 Å². The summed E-state index contributed by atoms with van der Waals surface area (Å²) in [6, 6.07) is 21.5. The number of hydrogen-bond acceptors (Lipinski definition) is 3. The molecule has 1 heterocycles. The number of aliphatic hydroxyl groups is 1. The Morgan fingerprint density at radius 1 is 0.710 bits per heavy atom. The maximum atomic E-state index is 13.0. The molecule has 0 aromatic heterocycles. The zero-order valence-electron chi connectivity index (χ0n) is 17.1. The second-order valence-electron chi connectivity index (χ2n) is 7.68. The smallest absolute Gasteiger partial charge is 0.266 e. The van der Waals surface area contributed by atoms with Gasteiger partial charge < -0.3 is 5.11 Å². The number of hydrogen-bond donors (Lipinski definition) is 1. The van der Waals surface area contributed by atoms with Crippen molar-refractivity contribution >= 4 is 17.5 Å². The van der Waals surface area contributed by atoms with Crippen LogP contribution >= 0.6 is 0 Å². The van der Waals surface area contributed by atoms with Gasteiger partial charge in [-0.25, -0.2) is 4.90 Å². The molecule has 1 N–H and O–H groups in total. The van der Waals surface area contributed by atoms with Crippen LogP contribution in [0.2, 0.25) is 0 Å². The van der Waals surface area contributed by atoms with E-state index in [9.17, 15) is 14.7 Å². The number of fused-ring (bicyclic) bond motifs is 1. The molecule has 0 spiro atoms. The summed E-state index contributed by atoms with van der Waals surface area (Å²) in [5.41, 5.74) is 2.10. The van der Waals surface area contributed by atoms with Crippen molar-refractivity contribution in [2.24, 2.45) is 0 Å². The van der Waals surface area contributed by atoms with Gasteiger partial charge in [-0.05, 0) is 62.4 Å². The van der Waals surface area contributed by atoms with Gasteiger partial charge >= 0.3 is 0 Å². The van der Waals surface area contributed by atoms with Gasteiger partial charge in [0, 0.05) is 16.7 Å². The van der Waals surface area contributed by atoms with Gasteiger partial charge in [-0.15, -0.1) is 0 Å². The Bertz CT molecular complexity index is 1310. The first-order valence-electron chi connectivity index (χ1n) is 9.77. The molecule has 31 heavy (non-hydrogen) atoms. The third-order valence-electron chi connectivity index (χ3n) is 4.63. The van der Waals surface area contributed by atoms with E-state index < -0.39 is 11.5 Å². The Labute approximate surface area is 181 Å². The van der Waals surface area contributed by atoms with Gasteiger partial charge in [0.2, 0.25) is 0 Å². The summed E-state index contributed by atoms with van der Waals surface area (Å²) in [6.07, 6.45) is 0. The summed E-state index contributed by atoms with van der Waals surface area (Å²) in [5.74, 6) is 10.9. The van der Waals surface area contributed by atoms with Crippen LogP contribution in [0.15, 0.2) is 72.8 Å². The van der Waals surface area contributed by atoms with Gasteiger partial charge in [0.05, 0.1) is 16.8 Å². The molecule has 150 valence electrons. The van der Waals surface area contributed by atoms with Gasteiger partial charge in [0.15, 0.2) is 0 Å². The summed E-state index contributed by atoms with van der Waals surface area (Å²) in [5, 5.41) is 9.79. The average molecular weight is 405 g/mol. The van der Waals surface area contributed by atoms with Crippen LogP contribution in [0.5, 0.6) is 0 Å². The first-order valence-corrected chi connectivity index (χ1v) is 9.77. The standard InChI is InChI=1S/C27H19NO3/c1-27(2,31)16-15-21-13-14-23-24(18-21)26(30)28(25(23)29)22-10-6-9-20(17-22)12-11-19-7-4-3-5-8-19/h3-10,13-14,17-18,31H,1-2H3. The third-order valence-corrected chi connectivity index (χ3v) is 4.63. The van der Waals surface area contributed by atoms with Crippen LogP contribution in [0, 0.1) is 23.7 Å². The summed E-state index contributed by atoms with van der Waals surface area (Å²) in [7, 11) is 0. The molecule has 3 aromatic carbocycles. The van der Waals surface area contributed by atoms with E-state index in [2.05, 4.69) is 23.7 Å². The van der Waals surface area contributed by atoms with Crippen LogP contribution in [0.3, 0.4) is 0 Å². The fraction of sp³-hybridized carbons (Fsp3) is 0.111. The van der Waals surface area contributed by atoms with Crippen LogP contribution in [0.25, 0.3) is 0 Å². The lowest BCUT2D eigenvalue weighted by Crippen LogP contribution is -2.29. The topological polar surface area (TPSA) is 57.6 Å². The van der Waals surface area contributed by atoms with Gasteiger partial charge in [0.1, 0.15) is 5.60 Å². The Morgan fingerprint density at radius 2 is 1.35 bits per heavy atom. The summed E-state index contributed by atoms with van der Waals surface area (Å²) in [6.45, 7) is 3.16. The van der Waals surface area contributed by atoms with Crippen molar-refractivity contribution in [2.75, 3.05) is 4.90 Å². The quantitative estimate of drug-likeness (QED) is 0.492. The number of rotatable bonds is 1. The molecule has 0 bridgehead atoms. The van der Waals surface area contributed by atoms with E-state index in [0.717, 1.165) is 10.5 Å². The van der Waals surface area contributed by atoms with Gasteiger partial charge in [-0.2, -0.15) is 0 Å². The van der Waals surface area contributed by atoms with Crippen molar-refractivity contribution in [3.63, 3.8) is 0 Å². The fourth-order valence-electron chi connectivity index (χ4n) is 3.17. The first-order chi connectivity index (χ1) is 14.8. The lowest BCUT2D eigenvalue weighted by atomic mass is 10.0. The monoisotopic (exact) mass is 405 g/mol. The van der Waals surface area contributed by atoms with Crippen LogP contribution in [-0.2, 0) is 0 Å². The van der Waals surface area contributed by atoms with Crippen LogP contribution in [0.1, 0.15) is 51.3 Å². The molecule has 0 fully saturated rings. The highest BCUT2D eigenvalue weighted by Crippen LogP contribution is 2.29. The maximum Gasteiger partial charge on any atom is 0.266 e. The van der Waals surface area contributed by atoms with Crippen molar-refractivity contribution in [1.82, 2.24) is 0 Å². The summed E-state index contributed by atoms with van der Waals surface area (Å²) < 4.78 is 0. The molecule has 4 nitrogen and oxygen atoms in total. The zero-order valence-corrected chi connectivity index (χ0v) is 17.1. The lowest BCUT2D eigenvalue weighted by molar-refractivity contribution is 0.0926. The summed E-state index contributed by atoms with van der Waals surface area (Å²) in [4.78, 5) is 27.1. The summed E-state index contributed by atoms with van der Waals surface area (Å²) >= 11 is 0. The maximum absolute atomic E-state index is 13.0. The van der Waals surface area contributed by atoms with E-state index in [4.69, 9.17) is 0 Å². The van der Waals surface area contributed by atoms with E-state index >= 15 is 0 Å². The molecule has 0 saturated carbocycles. The van der Waals surface area contributed by atoms with Crippen molar-refractivity contribution in [1.29, 1.82) is 0 Å². The molecule has 0 radical (unpaired) electrons. The predicted molar refractivity (Wildman–Crippen MR) is 120 cm³/mol. The number of anilines is 1. The molecular formula is C27H19NO3. The molecule has 0 saturated heterocycles. The van der Waals surface area contributed by atoms with Crippen molar-refractivity contribution in [3.05, 3.63) is 101 Å². The Morgan fingerprint density at radius 3 is 2.10 bits per heavy atom. The highest BCUT2D eigenvalue weighted by Gasteiger charge is 2.36. The van der Waals surface area contributed by atoms with E-state index in [1.807, 2.05) is 36.4 Å². The molecule has 3 aromatic rings. The van der Waals surface area contributed by atoms with Gasteiger partial charge in [-0.3, -0.25) is 9.59 Å². The molecule has 4 rings (SSSR count). The average Bonchev–Trinajstić information content (AvgIpc) is 3.01. The van der Waals surface area contributed by atoms with E-state index in [1.165, 1.54) is 0 Å². The second-order valence-corrected chi connectivity index (χ2v) is 7.68. The number of imide groups is 1. The van der Waals surface area contributed by atoms with Crippen LogP contribution < -0.4 is 4.90 Å².